The Morgan fingerprint density at radius 3 is 1.62 bits per heavy atom. The van der Waals surface area contributed by atoms with Crippen LogP contribution in [0.2, 0.25) is 0 Å². The Hall–Kier alpha value is -2.04. The molecule has 0 saturated carbocycles. The molecule has 0 aromatic rings. The van der Waals surface area contributed by atoms with Crippen molar-refractivity contribution in [1.82, 2.24) is 0 Å². The van der Waals surface area contributed by atoms with Crippen LogP contribution in [-0.4, -0.2) is 27.8 Å². The minimum absolute atomic E-state index is 0.580. The molecule has 5 heteroatoms. The third-order valence-corrected chi connectivity index (χ3v) is 8.98. The van der Waals surface area contributed by atoms with Gasteiger partial charge in [-0.05, 0) is 82.3 Å². The molecular formula is C34H54O5. The molecule has 220 valence electrons. The molecule has 0 bridgehead atoms. The lowest BCUT2D eigenvalue weighted by Gasteiger charge is -2.40. The predicted octanol–water partition coefficient (Wildman–Crippen LogP) is 9.67. The zero-order valence-corrected chi connectivity index (χ0v) is 24.4. The van der Waals surface area contributed by atoms with Crippen LogP contribution in [0.4, 0.5) is 0 Å². The molecule has 0 aromatic carbocycles. The maximum Gasteiger partial charge on any atom is 0.353 e. The van der Waals surface area contributed by atoms with Crippen molar-refractivity contribution >= 4 is 11.9 Å². The first-order chi connectivity index (χ1) is 19.1. The van der Waals surface area contributed by atoms with Crippen molar-refractivity contribution in [3.05, 3.63) is 35.1 Å². The number of rotatable bonds is 7. The Bertz CT molecular complexity index is 854. The van der Waals surface area contributed by atoms with Crippen LogP contribution in [0, 0.1) is 5.92 Å². The number of carboxylic acids is 2. The van der Waals surface area contributed by atoms with E-state index in [-0.39, 0.29) is 0 Å². The van der Waals surface area contributed by atoms with Crippen LogP contribution >= 0.6 is 0 Å². The molecule has 2 unspecified atom stereocenters. The van der Waals surface area contributed by atoms with E-state index in [0.29, 0.717) is 30.6 Å². The highest BCUT2D eigenvalue weighted by Crippen LogP contribution is 2.43. The third kappa shape index (κ3) is 9.83. The fourth-order valence-electron chi connectivity index (χ4n) is 6.74. The molecule has 0 aliphatic heterocycles. The number of hydrogen-bond donors (Lipinski definition) is 2. The van der Waals surface area contributed by atoms with Crippen LogP contribution < -0.4 is 0 Å². The van der Waals surface area contributed by atoms with Crippen LogP contribution in [0.15, 0.2) is 35.1 Å². The average Bonchev–Trinajstić information content (AvgIpc) is 2.93. The molecule has 0 aromatic heterocycles. The van der Waals surface area contributed by atoms with Crippen LogP contribution in [0.25, 0.3) is 0 Å². The molecule has 3 aliphatic carbocycles. The summed E-state index contributed by atoms with van der Waals surface area (Å²) in [5, 5.41) is 22.0. The van der Waals surface area contributed by atoms with Gasteiger partial charge in [0.2, 0.25) is 5.60 Å². The van der Waals surface area contributed by atoms with Gasteiger partial charge in [0.1, 0.15) is 5.92 Å². The largest absolute Gasteiger partial charge is 0.481 e. The van der Waals surface area contributed by atoms with Crippen molar-refractivity contribution in [3.8, 4) is 0 Å². The molecule has 3 aliphatic rings. The molecule has 5 nitrogen and oxygen atoms in total. The molecule has 0 heterocycles. The smallest absolute Gasteiger partial charge is 0.353 e. The third-order valence-electron chi connectivity index (χ3n) is 8.98. The van der Waals surface area contributed by atoms with Crippen molar-refractivity contribution in [2.75, 3.05) is 0 Å². The van der Waals surface area contributed by atoms with E-state index in [9.17, 15) is 19.8 Å². The van der Waals surface area contributed by atoms with Gasteiger partial charge >= 0.3 is 11.9 Å². The van der Waals surface area contributed by atoms with E-state index >= 15 is 0 Å². The van der Waals surface area contributed by atoms with E-state index in [4.69, 9.17) is 4.74 Å². The Morgan fingerprint density at radius 1 is 0.590 bits per heavy atom. The van der Waals surface area contributed by atoms with Gasteiger partial charge < -0.3 is 14.9 Å². The molecule has 0 saturated heterocycles. The number of aliphatic carboxylic acids is 2. The highest BCUT2D eigenvalue weighted by molar-refractivity contribution is 5.91. The van der Waals surface area contributed by atoms with Crippen molar-refractivity contribution in [2.24, 2.45) is 5.92 Å². The molecule has 39 heavy (non-hydrogen) atoms. The summed E-state index contributed by atoms with van der Waals surface area (Å²) in [5.74, 6) is -2.75. The van der Waals surface area contributed by atoms with Crippen molar-refractivity contribution in [1.29, 1.82) is 0 Å². The summed E-state index contributed by atoms with van der Waals surface area (Å²) in [6, 6.07) is 0. The average molecular weight is 543 g/mol. The summed E-state index contributed by atoms with van der Waals surface area (Å²) in [7, 11) is 0. The van der Waals surface area contributed by atoms with Gasteiger partial charge in [-0.2, -0.15) is 0 Å². The van der Waals surface area contributed by atoms with Gasteiger partial charge in [-0.15, -0.1) is 0 Å². The number of allylic oxidation sites excluding steroid dienone is 4. The number of carbonyl (C=O) groups is 2. The van der Waals surface area contributed by atoms with Gasteiger partial charge in [0.25, 0.3) is 0 Å². The van der Waals surface area contributed by atoms with E-state index in [0.717, 1.165) is 108 Å². The topological polar surface area (TPSA) is 83.8 Å². The Kier molecular flexibility index (Phi) is 14.2. The van der Waals surface area contributed by atoms with Gasteiger partial charge in [0.05, 0.1) is 5.76 Å². The highest BCUT2D eigenvalue weighted by Gasteiger charge is 2.56. The Morgan fingerprint density at radius 2 is 1.05 bits per heavy atom. The fraction of sp³-hybridized carbons (Fsp3) is 0.765. The molecule has 2 N–H and O–H groups in total. The van der Waals surface area contributed by atoms with E-state index in [2.05, 4.69) is 18.2 Å². The molecule has 0 spiro atoms. The molecule has 2 atom stereocenters. The lowest BCUT2D eigenvalue weighted by atomic mass is 9.72. The SMILES string of the molecule is O=C(O)C(/C1=C/CCCCCCCC1)C(O/C1=C/CCCCCCCC1)(C(=O)O)/C1=C/CCCCCCCC1. The van der Waals surface area contributed by atoms with Crippen molar-refractivity contribution in [2.45, 2.75) is 160 Å². The number of carboxylic acid groups (broad SMARTS) is 2. The quantitative estimate of drug-likeness (QED) is 0.313. The van der Waals surface area contributed by atoms with E-state index in [1.165, 1.54) is 32.1 Å². The van der Waals surface area contributed by atoms with Gasteiger partial charge in [-0.3, -0.25) is 4.79 Å². The summed E-state index contributed by atoms with van der Waals surface area (Å²) in [4.78, 5) is 26.9. The summed E-state index contributed by atoms with van der Waals surface area (Å²) in [6.45, 7) is 0. The second-order valence-electron chi connectivity index (χ2n) is 12.1. The zero-order valence-electron chi connectivity index (χ0n) is 24.4. The standard InChI is InChI=1S/C34H54O5/c35-32(36)31(28-22-16-10-4-1-5-11-17-23-28)34(33(37)38,29-24-18-12-6-2-7-13-19-25-29)39-30-26-20-14-8-3-9-15-21-27-30/h22,24,26,31H,1-21,23,25,27H2,(H,35,36)(H,37,38)/b28-22+,29-24+,30-26+. The van der Waals surface area contributed by atoms with Gasteiger partial charge in [-0.1, -0.05) is 94.8 Å². The first-order valence-electron chi connectivity index (χ1n) is 16.3. The molecular weight excluding hydrogens is 488 g/mol. The summed E-state index contributed by atoms with van der Waals surface area (Å²) in [6.07, 6.45) is 30.1. The van der Waals surface area contributed by atoms with Crippen LogP contribution in [0.5, 0.6) is 0 Å². The second-order valence-corrected chi connectivity index (χ2v) is 12.1. The number of ether oxygens (including phenoxy) is 1. The minimum atomic E-state index is -1.91. The highest BCUT2D eigenvalue weighted by atomic mass is 16.5. The normalized spacial score (nSPS) is 27.9. The second kappa shape index (κ2) is 17.6. The zero-order chi connectivity index (χ0) is 27.8. The summed E-state index contributed by atoms with van der Waals surface area (Å²) < 4.78 is 6.76. The number of hydrogen-bond acceptors (Lipinski definition) is 3. The van der Waals surface area contributed by atoms with Gasteiger partial charge in [0.15, 0.2) is 0 Å². The van der Waals surface area contributed by atoms with Crippen LogP contribution in [-0.2, 0) is 14.3 Å². The summed E-state index contributed by atoms with van der Waals surface area (Å²) in [5.41, 5.74) is -0.470. The monoisotopic (exact) mass is 542 g/mol. The fourth-order valence-corrected chi connectivity index (χ4v) is 6.74. The van der Waals surface area contributed by atoms with Gasteiger partial charge in [-0.25, -0.2) is 4.79 Å². The van der Waals surface area contributed by atoms with Gasteiger partial charge in [0, 0.05) is 6.42 Å². The van der Waals surface area contributed by atoms with Crippen LogP contribution in [0.3, 0.4) is 0 Å². The molecule has 0 radical (unpaired) electrons. The van der Waals surface area contributed by atoms with E-state index in [1.54, 1.807) is 0 Å². The summed E-state index contributed by atoms with van der Waals surface area (Å²) >= 11 is 0. The lowest BCUT2D eigenvalue weighted by molar-refractivity contribution is -0.170. The molecule has 3 rings (SSSR count). The van der Waals surface area contributed by atoms with Crippen molar-refractivity contribution < 1.29 is 24.5 Å². The van der Waals surface area contributed by atoms with E-state index < -0.39 is 23.5 Å². The van der Waals surface area contributed by atoms with E-state index in [1.807, 2.05) is 0 Å². The molecule has 0 fully saturated rings. The maximum absolute atomic E-state index is 13.6. The van der Waals surface area contributed by atoms with Crippen molar-refractivity contribution in [3.63, 3.8) is 0 Å². The first kappa shape index (κ1) is 31.5. The molecule has 0 amide bonds. The lowest BCUT2D eigenvalue weighted by Crippen LogP contribution is -2.53. The van der Waals surface area contributed by atoms with Crippen LogP contribution in [0.1, 0.15) is 154 Å². The maximum atomic E-state index is 13.6. The minimum Gasteiger partial charge on any atom is -0.481 e. The first-order valence-corrected chi connectivity index (χ1v) is 16.3. The predicted molar refractivity (Wildman–Crippen MR) is 158 cm³/mol. The Balaban J connectivity index is 2.12. The Labute approximate surface area is 237 Å².